The fourth-order valence-corrected chi connectivity index (χ4v) is 1.74. The van der Waals surface area contributed by atoms with Crippen LogP contribution in [0.5, 0.6) is 5.75 Å². The maximum Gasteiger partial charge on any atom is 0.270 e. The summed E-state index contributed by atoms with van der Waals surface area (Å²) in [6.45, 7) is 0. The summed E-state index contributed by atoms with van der Waals surface area (Å²) in [6.07, 6.45) is 0. The van der Waals surface area contributed by atoms with Crippen molar-refractivity contribution in [1.29, 1.82) is 0 Å². The molecule has 18 heavy (non-hydrogen) atoms. The van der Waals surface area contributed by atoms with Crippen LogP contribution in [0.25, 0.3) is 0 Å². The lowest BCUT2D eigenvalue weighted by molar-refractivity contribution is 0.102. The highest BCUT2D eigenvalue weighted by molar-refractivity contribution is 9.10. The molecule has 0 atom stereocenters. The number of halogens is 1. The topological polar surface area (TPSA) is 81.9 Å². The molecule has 0 spiro atoms. The van der Waals surface area contributed by atoms with E-state index < -0.39 is 0 Å². The van der Waals surface area contributed by atoms with Gasteiger partial charge in [0.25, 0.3) is 11.9 Å². The maximum absolute atomic E-state index is 12.0. The van der Waals surface area contributed by atoms with Crippen molar-refractivity contribution in [1.82, 2.24) is 20.2 Å². The monoisotopic (exact) mass is 311 g/mol. The van der Waals surface area contributed by atoms with E-state index in [-0.39, 0.29) is 11.9 Å². The Balaban J connectivity index is 2.23. The second-order valence-corrected chi connectivity index (χ2v) is 4.26. The van der Waals surface area contributed by atoms with Crippen molar-refractivity contribution in [2.75, 3.05) is 12.4 Å². The zero-order valence-electron chi connectivity index (χ0n) is 9.72. The molecular formula is C10H10BrN5O2. The van der Waals surface area contributed by atoms with Gasteiger partial charge < -0.3 is 4.74 Å². The van der Waals surface area contributed by atoms with Gasteiger partial charge in [-0.3, -0.25) is 10.1 Å². The smallest absolute Gasteiger partial charge is 0.270 e. The predicted molar refractivity (Wildman–Crippen MR) is 67.4 cm³/mol. The molecule has 0 saturated carbocycles. The predicted octanol–water partition coefficient (Wildman–Crippen LogP) is 1.23. The molecule has 8 heteroatoms. The molecule has 0 bridgehead atoms. The van der Waals surface area contributed by atoms with Gasteiger partial charge >= 0.3 is 0 Å². The average molecular weight is 312 g/mol. The van der Waals surface area contributed by atoms with Crippen molar-refractivity contribution < 1.29 is 9.53 Å². The van der Waals surface area contributed by atoms with Crippen LogP contribution in [0.2, 0.25) is 0 Å². The van der Waals surface area contributed by atoms with Crippen molar-refractivity contribution in [3.05, 3.63) is 28.2 Å². The number of nitrogens with one attached hydrogen (secondary N) is 1. The van der Waals surface area contributed by atoms with Crippen LogP contribution in [0.15, 0.2) is 22.7 Å². The molecule has 1 aromatic carbocycles. The van der Waals surface area contributed by atoms with Gasteiger partial charge in [0.05, 0.1) is 19.7 Å². The molecule has 0 aliphatic heterocycles. The summed E-state index contributed by atoms with van der Waals surface area (Å²) < 4.78 is 5.72. The van der Waals surface area contributed by atoms with Gasteiger partial charge in [-0.2, -0.15) is 4.80 Å². The van der Waals surface area contributed by atoms with Crippen LogP contribution in [-0.2, 0) is 7.05 Å². The summed E-state index contributed by atoms with van der Waals surface area (Å²) in [5, 5.41) is 13.7. The van der Waals surface area contributed by atoms with E-state index >= 15 is 0 Å². The molecule has 1 N–H and O–H groups in total. The van der Waals surface area contributed by atoms with E-state index in [0.717, 1.165) is 0 Å². The Labute approximate surface area is 111 Å². The van der Waals surface area contributed by atoms with E-state index in [1.165, 1.54) is 11.9 Å². The molecule has 0 aliphatic rings. The Morgan fingerprint density at radius 1 is 1.50 bits per heavy atom. The van der Waals surface area contributed by atoms with Gasteiger partial charge in [0.15, 0.2) is 0 Å². The highest BCUT2D eigenvalue weighted by Crippen LogP contribution is 2.22. The third-order valence-corrected chi connectivity index (χ3v) is 2.84. The summed E-state index contributed by atoms with van der Waals surface area (Å²) in [5.41, 5.74) is 0.432. The summed E-state index contributed by atoms with van der Waals surface area (Å²) in [4.78, 5) is 13.3. The normalized spacial score (nSPS) is 10.2. The number of tetrazole rings is 1. The Hall–Kier alpha value is -1.96. The first kappa shape index (κ1) is 12.5. The molecule has 2 rings (SSSR count). The number of benzene rings is 1. The number of carbonyl (C=O) groups excluding carboxylic acids is 1. The number of hydrogen-bond acceptors (Lipinski definition) is 5. The second kappa shape index (κ2) is 5.13. The van der Waals surface area contributed by atoms with Gasteiger partial charge in [-0.25, -0.2) is 0 Å². The minimum absolute atomic E-state index is 0.150. The Kier molecular flexibility index (Phi) is 3.56. The maximum atomic E-state index is 12.0. The van der Waals surface area contributed by atoms with Crippen molar-refractivity contribution >= 4 is 27.8 Å². The van der Waals surface area contributed by atoms with E-state index in [2.05, 4.69) is 36.7 Å². The van der Waals surface area contributed by atoms with E-state index in [1.54, 1.807) is 25.2 Å². The molecule has 0 radical (unpaired) electrons. The number of rotatable bonds is 3. The highest BCUT2D eigenvalue weighted by Gasteiger charge is 2.13. The largest absolute Gasteiger partial charge is 0.497 e. The molecule has 2 aromatic rings. The van der Waals surface area contributed by atoms with Crippen LogP contribution in [0, 0.1) is 0 Å². The van der Waals surface area contributed by atoms with E-state index in [9.17, 15) is 4.79 Å². The summed E-state index contributed by atoms with van der Waals surface area (Å²) >= 11 is 3.30. The lowest BCUT2D eigenvalue weighted by atomic mass is 10.2. The molecule has 7 nitrogen and oxygen atoms in total. The minimum atomic E-state index is -0.339. The Morgan fingerprint density at radius 3 is 2.89 bits per heavy atom. The molecule has 1 heterocycles. The van der Waals surface area contributed by atoms with Crippen LogP contribution in [0.1, 0.15) is 10.4 Å². The number of ether oxygens (including phenoxy) is 1. The standard InChI is InChI=1S/C10H10BrN5O2/c1-16-14-10(13-15-16)12-9(17)7-5-6(18-2)3-4-8(7)11/h3-5H,1-2H3,(H,12,14,17). The SMILES string of the molecule is COc1ccc(Br)c(C(=O)Nc2nnn(C)n2)c1. The number of hydrogen-bond donors (Lipinski definition) is 1. The van der Waals surface area contributed by atoms with Crippen LogP contribution in [-0.4, -0.2) is 33.2 Å². The first-order valence-electron chi connectivity index (χ1n) is 4.99. The van der Waals surface area contributed by atoms with Crippen LogP contribution in [0.3, 0.4) is 0 Å². The average Bonchev–Trinajstić information content (AvgIpc) is 2.75. The van der Waals surface area contributed by atoms with Gasteiger partial charge in [-0.15, -0.1) is 5.10 Å². The van der Waals surface area contributed by atoms with Crippen molar-refractivity contribution in [3.8, 4) is 5.75 Å². The zero-order chi connectivity index (χ0) is 13.1. The lowest BCUT2D eigenvalue weighted by Gasteiger charge is -2.06. The zero-order valence-corrected chi connectivity index (χ0v) is 11.3. The number of carbonyl (C=O) groups is 1. The molecule has 1 amide bonds. The van der Waals surface area contributed by atoms with E-state index in [4.69, 9.17) is 4.74 Å². The molecule has 1 aromatic heterocycles. The van der Waals surface area contributed by atoms with Crippen molar-refractivity contribution in [2.24, 2.45) is 7.05 Å². The molecule has 0 fully saturated rings. The fourth-order valence-electron chi connectivity index (χ4n) is 1.31. The first-order valence-corrected chi connectivity index (χ1v) is 5.78. The molecular weight excluding hydrogens is 302 g/mol. The summed E-state index contributed by atoms with van der Waals surface area (Å²) in [6, 6.07) is 5.11. The van der Waals surface area contributed by atoms with Crippen LogP contribution in [0.4, 0.5) is 5.95 Å². The van der Waals surface area contributed by atoms with Crippen LogP contribution >= 0.6 is 15.9 Å². The number of nitrogens with zero attached hydrogens (tertiary/aromatic N) is 4. The van der Waals surface area contributed by atoms with Crippen molar-refractivity contribution in [2.45, 2.75) is 0 Å². The number of amides is 1. The van der Waals surface area contributed by atoms with Gasteiger partial charge in [-0.1, -0.05) is 5.10 Å². The molecule has 94 valence electrons. The molecule has 0 unspecified atom stereocenters. The third kappa shape index (κ3) is 2.65. The summed E-state index contributed by atoms with van der Waals surface area (Å²) in [5.74, 6) is 0.404. The van der Waals surface area contributed by atoms with Crippen molar-refractivity contribution in [3.63, 3.8) is 0 Å². The number of methoxy groups -OCH3 is 1. The lowest BCUT2D eigenvalue weighted by Crippen LogP contribution is -2.14. The van der Waals surface area contributed by atoms with E-state index in [0.29, 0.717) is 15.8 Å². The highest BCUT2D eigenvalue weighted by atomic mass is 79.9. The fraction of sp³-hybridized carbons (Fsp3) is 0.200. The minimum Gasteiger partial charge on any atom is -0.497 e. The molecule has 0 aliphatic carbocycles. The van der Waals surface area contributed by atoms with Gasteiger partial charge in [0.1, 0.15) is 5.75 Å². The third-order valence-electron chi connectivity index (χ3n) is 2.15. The number of anilines is 1. The van der Waals surface area contributed by atoms with E-state index in [1.807, 2.05) is 0 Å². The Morgan fingerprint density at radius 2 is 2.28 bits per heavy atom. The quantitative estimate of drug-likeness (QED) is 0.922. The second-order valence-electron chi connectivity index (χ2n) is 3.40. The van der Waals surface area contributed by atoms with Gasteiger partial charge in [-0.05, 0) is 39.3 Å². The molecule has 0 saturated heterocycles. The Bertz CT molecular complexity index is 583. The summed E-state index contributed by atoms with van der Waals surface area (Å²) in [7, 11) is 3.15. The number of aryl methyl sites for hydroxylation is 1. The van der Waals surface area contributed by atoms with Gasteiger partial charge in [0, 0.05) is 4.47 Å². The van der Waals surface area contributed by atoms with Gasteiger partial charge in [0.2, 0.25) is 0 Å². The van der Waals surface area contributed by atoms with Crippen LogP contribution < -0.4 is 10.1 Å². The number of aromatic nitrogens is 4. The first-order chi connectivity index (χ1) is 8.60.